The maximum absolute atomic E-state index is 11.1. The highest BCUT2D eigenvalue weighted by Crippen LogP contribution is 1.85. The van der Waals surface area contributed by atoms with Crippen molar-refractivity contribution in [2.45, 2.75) is 6.92 Å². The molecule has 13 heavy (non-hydrogen) atoms. The lowest BCUT2D eigenvalue weighted by Gasteiger charge is -2.11. The van der Waals surface area contributed by atoms with Crippen LogP contribution in [0, 0.1) is 0 Å². The summed E-state index contributed by atoms with van der Waals surface area (Å²) >= 11 is 0. The van der Waals surface area contributed by atoms with E-state index < -0.39 is 10.2 Å². The van der Waals surface area contributed by atoms with E-state index in [4.69, 9.17) is 0 Å². The van der Waals surface area contributed by atoms with Crippen LogP contribution >= 0.6 is 0 Å². The molecule has 7 heteroatoms. The van der Waals surface area contributed by atoms with E-state index in [9.17, 15) is 13.2 Å². The van der Waals surface area contributed by atoms with Crippen molar-refractivity contribution in [3.8, 4) is 0 Å². The highest BCUT2D eigenvalue weighted by atomic mass is 32.2. The molecule has 1 amide bonds. The molecule has 0 unspecified atom stereocenters. The number of nitrogens with zero attached hydrogens (tertiary/aromatic N) is 1. The van der Waals surface area contributed by atoms with Gasteiger partial charge in [-0.05, 0) is 0 Å². The van der Waals surface area contributed by atoms with Crippen LogP contribution in [0.25, 0.3) is 0 Å². The summed E-state index contributed by atoms with van der Waals surface area (Å²) in [5.74, 6) is -0.177. The van der Waals surface area contributed by atoms with Crippen LogP contribution in [0.4, 0.5) is 0 Å². The number of nitrogens with one attached hydrogen (secondary N) is 2. The second-order valence-corrected chi connectivity index (χ2v) is 4.63. The fraction of sp³-hybridized carbons (Fsp3) is 0.833. The summed E-state index contributed by atoms with van der Waals surface area (Å²) in [6.45, 7) is 1.86. The van der Waals surface area contributed by atoms with Crippen LogP contribution < -0.4 is 10.0 Å². The first-order valence-corrected chi connectivity index (χ1v) is 5.22. The van der Waals surface area contributed by atoms with Crippen molar-refractivity contribution >= 4 is 16.1 Å². The molecule has 0 aromatic heterocycles. The largest absolute Gasteiger partial charge is 0.355 e. The third-order valence-corrected chi connectivity index (χ3v) is 2.79. The lowest BCUT2D eigenvalue weighted by atomic mass is 10.6. The molecule has 0 aliphatic carbocycles. The second-order valence-electron chi connectivity index (χ2n) is 2.66. The van der Waals surface area contributed by atoms with Gasteiger partial charge in [0.15, 0.2) is 0 Å². The summed E-state index contributed by atoms with van der Waals surface area (Å²) in [4.78, 5) is 10.4. The molecule has 0 aromatic rings. The van der Waals surface area contributed by atoms with Crippen molar-refractivity contribution in [3.05, 3.63) is 0 Å². The summed E-state index contributed by atoms with van der Waals surface area (Å²) in [7, 11) is -0.502. The first-order chi connectivity index (χ1) is 5.86. The van der Waals surface area contributed by atoms with Crippen LogP contribution in [-0.4, -0.2) is 45.8 Å². The predicted molar refractivity (Wildman–Crippen MR) is 49.3 cm³/mol. The number of hydrogen-bond acceptors (Lipinski definition) is 3. The van der Waals surface area contributed by atoms with Gasteiger partial charge in [-0.2, -0.15) is 12.7 Å². The molecule has 0 fully saturated rings. The molecule has 0 atom stereocenters. The van der Waals surface area contributed by atoms with Crippen LogP contribution in [0.5, 0.6) is 0 Å². The Hall–Kier alpha value is -0.660. The fourth-order valence-corrected chi connectivity index (χ4v) is 1.17. The molecule has 78 valence electrons. The molecule has 0 aliphatic rings. The Morgan fingerprint density at radius 2 is 1.85 bits per heavy atom. The molecule has 0 saturated carbocycles. The minimum atomic E-state index is -3.36. The van der Waals surface area contributed by atoms with Crippen molar-refractivity contribution in [3.63, 3.8) is 0 Å². The van der Waals surface area contributed by atoms with Crippen molar-refractivity contribution in [1.82, 2.24) is 14.3 Å². The Morgan fingerprint density at radius 1 is 1.31 bits per heavy atom. The molecule has 0 saturated heterocycles. The van der Waals surface area contributed by atoms with Crippen molar-refractivity contribution in [2.24, 2.45) is 0 Å². The minimum absolute atomic E-state index is 0.177. The average molecular weight is 209 g/mol. The minimum Gasteiger partial charge on any atom is -0.355 e. The van der Waals surface area contributed by atoms with Gasteiger partial charge >= 0.3 is 0 Å². The predicted octanol–water partition coefficient (Wildman–Crippen LogP) is -1.48. The van der Waals surface area contributed by atoms with Crippen LogP contribution in [0.3, 0.4) is 0 Å². The van der Waals surface area contributed by atoms with Crippen LogP contribution in [0.2, 0.25) is 0 Å². The Labute approximate surface area is 78.5 Å². The van der Waals surface area contributed by atoms with Crippen molar-refractivity contribution in [1.29, 1.82) is 0 Å². The van der Waals surface area contributed by atoms with Crippen molar-refractivity contribution < 1.29 is 13.2 Å². The molecule has 0 heterocycles. The number of amides is 1. The number of rotatable bonds is 5. The first kappa shape index (κ1) is 12.3. The van der Waals surface area contributed by atoms with Gasteiger partial charge in [-0.1, -0.05) is 0 Å². The quantitative estimate of drug-likeness (QED) is 0.542. The van der Waals surface area contributed by atoms with E-state index in [1.165, 1.54) is 21.0 Å². The number of carbonyl (C=O) groups is 1. The van der Waals surface area contributed by atoms with Crippen LogP contribution in [-0.2, 0) is 15.0 Å². The maximum atomic E-state index is 11.1. The lowest BCUT2D eigenvalue weighted by molar-refractivity contribution is -0.118. The molecule has 0 radical (unpaired) electrons. The smallest absolute Gasteiger partial charge is 0.278 e. The molecule has 0 spiro atoms. The Balaban J connectivity index is 3.72. The van der Waals surface area contributed by atoms with E-state index >= 15 is 0 Å². The summed E-state index contributed by atoms with van der Waals surface area (Å²) in [5, 5.41) is 2.47. The molecular formula is C6H15N3O3S. The molecule has 0 bridgehead atoms. The Kier molecular flexibility index (Phi) is 4.89. The second kappa shape index (κ2) is 5.15. The van der Waals surface area contributed by atoms with E-state index in [1.54, 1.807) is 0 Å². The summed E-state index contributed by atoms with van der Waals surface area (Å²) in [6, 6.07) is 0. The zero-order valence-electron chi connectivity index (χ0n) is 7.99. The molecule has 0 rings (SSSR count). The standard InChI is InChI=1S/C6H15N3O3S/c1-6(10)7-4-5-8-13(11,12)9(2)3/h8H,4-5H2,1-3H3,(H,7,10). The van der Waals surface area contributed by atoms with Gasteiger partial charge in [0.2, 0.25) is 5.91 Å². The Morgan fingerprint density at radius 3 is 2.23 bits per heavy atom. The molecule has 0 aromatic carbocycles. The van der Waals surface area contributed by atoms with Gasteiger partial charge in [0.25, 0.3) is 10.2 Å². The van der Waals surface area contributed by atoms with Gasteiger partial charge in [-0.15, -0.1) is 0 Å². The van der Waals surface area contributed by atoms with Crippen molar-refractivity contribution in [2.75, 3.05) is 27.2 Å². The van der Waals surface area contributed by atoms with Gasteiger partial charge in [0, 0.05) is 34.1 Å². The zero-order chi connectivity index (χ0) is 10.5. The van der Waals surface area contributed by atoms with Crippen LogP contribution in [0.1, 0.15) is 6.92 Å². The van der Waals surface area contributed by atoms with E-state index in [0.717, 1.165) is 4.31 Å². The zero-order valence-corrected chi connectivity index (χ0v) is 8.81. The summed E-state index contributed by atoms with van der Waals surface area (Å²) in [5.41, 5.74) is 0. The van der Waals surface area contributed by atoms with E-state index in [0.29, 0.717) is 6.54 Å². The lowest BCUT2D eigenvalue weighted by Crippen LogP contribution is -2.39. The highest BCUT2D eigenvalue weighted by molar-refractivity contribution is 7.87. The SMILES string of the molecule is CC(=O)NCCNS(=O)(=O)N(C)C. The molecular weight excluding hydrogens is 194 g/mol. The fourth-order valence-electron chi connectivity index (χ4n) is 0.548. The van der Waals surface area contributed by atoms with Gasteiger partial charge < -0.3 is 5.32 Å². The summed E-state index contributed by atoms with van der Waals surface area (Å²) in [6.07, 6.45) is 0. The van der Waals surface area contributed by atoms with Gasteiger partial charge in [-0.3, -0.25) is 4.79 Å². The first-order valence-electron chi connectivity index (χ1n) is 3.78. The monoisotopic (exact) mass is 209 g/mol. The topological polar surface area (TPSA) is 78.5 Å². The van der Waals surface area contributed by atoms with Gasteiger partial charge in [0.05, 0.1) is 0 Å². The van der Waals surface area contributed by atoms with Gasteiger partial charge in [-0.25, -0.2) is 4.72 Å². The van der Waals surface area contributed by atoms with Gasteiger partial charge in [0.1, 0.15) is 0 Å². The molecule has 0 aliphatic heterocycles. The maximum Gasteiger partial charge on any atom is 0.278 e. The third kappa shape index (κ3) is 5.56. The third-order valence-electron chi connectivity index (χ3n) is 1.26. The number of carbonyl (C=O) groups excluding carboxylic acids is 1. The molecule has 2 N–H and O–H groups in total. The number of hydrogen-bond donors (Lipinski definition) is 2. The Bertz CT molecular complexity index is 260. The highest BCUT2D eigenvalue weighted by Gasteiger charge is 2.10. The molecule has 6 nitrogen and oxygen atoms in total. The van der Waals surface area contributed by atoms with E-state index in [2.05, 4.69) is 10.0 Å². The normalized spacial score (nSPS) is 11.7. The van der Waals surface area contributed by atoms with E-state index in [1.807, 2.05) is 0 Å². The average Bonchev–Trinajstić information content (AvgIpc) is 1.97. The summed E-state index contributed by atoms with van der Waals surface area (Å²) < 4.78 is 25.5. The van der Waals surface area contributed by atoms with Crippen LogP contribution in [0.15, 0.2) is 0 Å². The van der Waals surface area contributed by atoms with E-state index in [-0.39, 0.29) is 12.5 Å².